The quantitative estimate of drug-likeness (QED) is 0.709. The molecule has 0 fully saturated rings. The van der Waals surface area contributed by atoms with Crippen LogP contribution in [0.1, 0.15) is 5.56 Å². The minimum atomic E-state index is -1.23. The van der Waals surface area contributed by atoms with Crippen molar-refractivity contribution in [2.45, 2.75) is 26.2 Å². The predicted octanol–water partition coefficient (Wildman–Crippen LogP) is 5.12. The summed E-state index contributed by atoms with van der Waals surface area (Å²) in [6.07, 6.45) is 0. The van der Waals surface area contributed by atoms with Crippen molar-refractivity contribution in [3.05, 3.63) is 58.1 Å². The van der Waals surface area contributed by atoms with Crippen molar-refractivity contribution in [2.24, 2.45) is 0 Å². The lowest BCUT2D eigenvalue weighted by atomic mass is 10.2. The highest BCUT2D eigenvalue weighted by molar-refractivity contribution is 6.88. The topological polar surface area (TPSA) is 9.23 Å². The summed E-state index contributed by atoms with van der Waals surface area (Å²) < 4.78 is 5.72. The van der Waals surface area contributed by atoms with Gasteiger partial charge in [0.2, 0.25) is 0 Å². The van der Waals surface area contributed by atoms with Crippen molar-refractivity contribution in [1.29, 1.82) is 0 Å². The Hall–Kier alpha value is -0.963. The van der Waals surface area contributed by atoms with Gasteiger partial charge in [-0.1, -0.05) is 72.3 Å². The summed E-state index contributed by atoms with van der Waals surface area (Å²) in [5.41, 5.74) is 1.14. The summed E-state index contributed by atoms with van der Waals surface area (Å²) in [5.74, 6) is 0.658. The van der Waals surface area contributed by atoms with E-state index in [9.17, 15) is 0 Å². The number of hydrogen-bond acceptors (Lipinski definition) is 1. The Morgan fingerprint density at radius 3 is 2.15 bits per heavy atom. The lowest BCUT2D eigenvalue weighted by molar-refractivity contribution is 0.306. The minimum absolute atomic E-state index is 0.507. The number of benzene rings is 2. The summed E-state index contributed by atoms with van der Waals surface area (Å²) in [6, 6.07) is 13.9. The van der Waals surface area contributed by atoms with E-state index in [0.29, 0.717) is 22.4 Å². The van der Waals surface area contributed by atoms with Gasteiger partial charge in [0, 0.05) is 5.02 Å². The van der Waals surface area contributed by atoms with Gasteiger partial charge < -0.3 is 4.74 Å². The van der Waals surface area contributed by atoms with E-state index in [1.165, 1.54) is 5.19 Å². The smallest absolute Gasteiger partial charge is 0.138 e. The first kappa shape index (κ1) is 15.4. The van der Waals surface area contributed by atoms with Crippen LogP contribution in [0.2, 0.25) is 29.7 Å². The van der Waals surface area contributed by atoms with E-state index in [1.807, 2.05) is 0 Å². The average molecular weight is 325 g/mol. The number of ether oxygens (including phenoxy) is 1. The molecule has 0 bridgehead atoms. The molecule has 2 aromatic rings. The van der Waals surface area contributed by atoms with Crippen molar-refractivity contribution in [2.75, 3.05) is 0 Å². The third-order valence-corrected chi connectivity index (χ3v) is 5.70. The predicted molar refractivity (Wildman–Crippen MR) is 90.2 cm³/mol. The van der Waals surface area contributed by atoms with E-state index in [1.54, 1.807) is 18.2 Å². The van der Waals surface area contributed by atoms with Crippen LogP contribution in [-0.2, 0) is 6.61 Å². The minimum Gasteiger partial charge on any atom is -0.487 e. The van der Waals surface area contributed by atoms with Crippen molar-refractivity contribution >= 4 is 36.5 Å². The van der Waals surface area contributed by atoms with Crippen molar-refractivity contribution in [3.8, 4) is 5.75 Å². The zero-order valence-electron chi connectivity index (χ0n) is 11.9. The lowest BCUT2D eigenvalue weighted by Gasteiger charge is -2.17. The largest absolute Gasteiger partial charge is 0.487 e. The summed E-state index contributed by atoms with van der Waals surface area (Å²) in [7, 11) is -1.23. The summed E-state index contributed by atoms with van der Waals surface area (Å²) >= 11 is 11.9. The maximum Gasteiger partial charge on any atom is 0.138 e. The van der Waals surface area contributed by atoms with E-state index in [4.69, 9.17) is 27.9 Å². The molecule has 0 aliphatic carbocycles. The Balaban J connectivity index is 2.04. The van der Waals surface area contributed by atoms with Crippen LogP contribution in [0.5, 0.6) is 5.75 Å². The third-order valence-electron chi connectivity index (χ3n) is 3.11. The summed E-state index contributed by atoms with van der Waals surface area (Å²) in [6.45, 7) is 7.53. The molecule has 20 heavy (non-hydrogen) atoms. The molecule has 0 saturated carbocycles. The Morgan fingerprint density at radius 2 is 1.60 bits per heavy atom. The molecule has 0 unspecified atom stereocenters. The second-order valence-electron chi connectivity index (χ2n) is 5.81. The van der Waals surface area contributed by atoms with Crippen LogP contribution in [0.15, 0.2) is 42.5 Å². The van der Waals surface area contributed by atoms with Crippen molar-refractivity contribution in [1.82, 2.24) is 0 Å². The van der Waals surface area contributed by atoms with Gasteiger partial charge in [0.1, 0.15) is 12.4 Å². The number of halogens is 2. The monoisotopic (exact) mass is 324 g/mol. The molecule has 4 heteroatoms. The first-order chi connectivity index (χ1) is 9.36. The standard InChI is InChI=1S/C16H18Cl2OSi/c1-20(2,3)14-7-4-12(5-8-14)11-19-16-9-6-13(17)10-15(16)18/h4-10H,11H2,1-3H3. The highest BCUT2D eigenvalue weighted by Gasteiger charge is 2.15. The molecule has 0 aromatic heterocycles. The highest BCUT2D eigenvalue weighted by Crippen LogP contribution is 2.28. The molecule has 0 N–H and O–H groups in total. The molecule has 2 rings (SSSR count). The summed E-state index contributed by atoms with van der Waals surface area (Å²) in [5, 5.41) is 2.60. The lowest BCUT2D eigenvalue weighted by Crippen LogP contribution is -2.37. The number of rotatable bonds is 4. The van der Waals surface area contributed by atoms with Gasteiger partial charge in [0.15, 0.2) is 0 Å². The zero-order chi connectivity index (χ0) is 14.8. The van der Waals surface area contributed by atoms with Crippen LogP contribution in [0.4, 0.5) is 0 Å². The van der Waals surface area contributed by atoms with Crippen LogP contribution in [0.3, 0.4) is 0 Å². The van der Waals surface area contributed by atoms with Gasteiger partial charge in [-0.15, -0.1) is 0 Å². The van der Waals surface area contributed by atoms with Gasteiger partial charge in [-0.3, -0.25) is 0 Å². The van der Waals surface area contributed by atoms with E-state index < -0.39 is 8.07 Å². The van der Waals surface area contributed by atoms with Gasteiger partial charge in [-0.25, -0.2) is 0 Å². The van der Waals surface area contributed by atoms with E-state index in [2.05, 4.69) is 43.9 Å². The van der Waals surface area contributed by atoms with Gasteiger partial charge >= 0.3 is 0 Å². The molecule has 0 heterocycles. The zero-order valence-corrected chi connectivity index (χ0v) is 14.4. The van der Waals surface area contributed by atoms with Crippen LogP contribution >= 0.6 is 23.2 Å². The Morgan fingerprint density at radius 1 is 0.950 bits per heavy atom. The maximum absolute atomic E-state index is 6.08. The maximum atomic E-state index is 6.08. The van der Waals surface area contributed by atoms with Crippen LogP contribution in [-0.4, -0.2) is 8.07 Å². The van der Waals surface area contributed by atoms with Gasteiger partial charge in [-0.05, 0) is 23.8 Å². The van der Waals surface area contributed by atoms with E-state index in [-0.39, 0.29) is 0 Å². The second kappa shape index (κ2) is 6.21. The van der Waals surface area contributed by atoms with Crippen LogP contribution in [0, 0.1) is 0 Å². The normalized spacial score (nSPS) is 11.4. The van der Waals surface area contributed by atoms with Crippen molar-refractivity contribution < 1.29 is 4.74 Å². The second-order valence-corrected chi connectivity index (χ2v) is 11.7. The molecule has 0 aliphatic rings. The van der Waals surface area contributed by atoms with Gasteiger partial charge in [0.25, 0.3) is 0 Å². The van der Waals surface area contributed by atoms with Gasteiger partial charge in [-0.2, -0.15) is 0 Å². The molecular formula is C16H18Cl2OSi. The molecule has 0 saturated heterocycles. The van der Waals surface area contributed by atoms with E-state index in [0.717, 1.165) is 5.56 Å². The molecule has 2 aromatic carbocycles. The van der Waals surface area contributed by atoms with Crippen LogP contribution < -0.4 is 9.92 Å². The highest BCUT2D eigenvalue weighted by atomic mass is 35.5. The third kappa shape index (κ3) is 4.01. The van der Waals surface area contributed by atoms with Crippen molar-refractivity contribution in [3.63, 3.8) is 0 Å². The fourth-order valence-corrected chi connectivity index (χ4v) is 3.48. The van der Waals surface area contributed by atoms with Crippen LogP contribution in [0.25, 0.3) is 0 Å². The fraction of sp³-hybridized carbons (Fsp3) is 0.250. The first-order valence-electron chi connectivity index (χ1n) is 6.53. The van der Waals surface area contributed by atoms with E-state index >= 15 is 0 Å². The molecule has 106 valence electrons. The Labute approximate surface area is 131 Å². The molecule has 0 atom stereocenters. The molecule has 0 radical (unpaired) electrons. The number of hydrogen-bond donors (Lipinski definition) is 0. The first-order valence-corrected chi connectivity index (χ1v) is 10.8. The van der Waals surface area contributed by atoms with Gasteiger partial charge in [0.05, 0.1) is 13.1 Å². The SMILES string of the molecule is C[Si](C)(C)c1ccc(COc2ccc(Cl)cc2Cl)cc1. The molecule has 0 amide bonds. The average Bonchev–Trinajstić information content (AvgIpc) is 2.37. The molecule has 1 nitrogen and oxygen atoms in total. The molecule has 0 spiro atoms. The Kier molecular flexibility index (Phi) is 4.79. The molecule has 0 aliphatic heterocycles. The summed E-state index contributed by atoms with van der Waals surface area (Å²) in [4.78, 5) is 0. The molecular weight excluding hydrogens is 307 g/mol. The fourth-order valence-electron chi connectivity index (χ4n) is 1.85. The Bertz CT molecular complexity index is 588.